The molecule has 0 fully saturated rings. The molecule has 1 N–H and O–H groups in total. The second-order valence-electron chi connectivity index (χ2n) is 4.55. The molecule has 0 saturated heterocycles. The highest BCUT2D eigenvalue weighted by Crippen LogP contribution is 2.39. The first-order valence-corrected chi connectivity index (χ1v) is 6.27. The number of hydrogen-bond acceptors (Lipinski definition) is 3. The molecule has 0 bridgehead atoms. The fourth-order valence-corrected chi connectivity index (χ4v) is 2.71. The van der Waals surface area contributed by atoms with Crippen LogP contribution >= 0.6 is 15.9 Å². The summed E-state index contributed by atoms with van der Waals surface area (Å²) in [5, 5.41) is 14.7. The highest BCUT2D eigenvalue weighted by molar-refractivity contribution is 9.10. The minimum atomic E-state index is -0.917. The molecule has 6 heteroatoms. The topological polar surface area (TPSA) is 50.9 Å². The van der Waals surface area contributed by atoms with Gasteiger partial charge >= 0.3 is 0 Å². The Balaban J connectivity index is 2.11. The van der Waals surface area contributed by atoms with Crippen molar-refractivity contribution in [1.82, 2.24) is 14.8 Å². The number of halogens is 1. The largest absolute Gasteiger partial charge is 0.391 e. The number of nitrogens with zero attached hydrogens (tertiary/aromatic N) is 3. The molecule has 2 atom stereocenters. The summed E-state index contributed by atoms with van der Waals surface area (Å²) in [7, 11) is 1.78. The first kappa shape index (κ1) is 11.0. The standard InChI is InChI=1S/C11H11BBrN3O/c12-11(17)6-8(7-4-2-1-3-5-7)16-9(11)14-10(13)15-16/h1-5,8,17H,6,12H2/t8-,11-/m0/s1. The molecule has 0 unspecified atom stereocenters. The van der Waals surface area contributed by atoms with Crippen LogP contribution in [0.1, 0.15) is 23.9 Å². The molecule has 1 aromatic carbocycles. The summed E-state index contributed by atoms with van der Waals surface area (Å²) in [4.78, 5) is 4.24. The van der Waals surface area contributed by atoms with Crippen molar-refractivity contribution < 1.29 is 5.11 Å². The minimum absolute atomic E-state index is 0.0556. The van der Waals surface area contributed by atoms with Crippen LogP contribution in [-0.4, -0.2) is 27.7 Å². The van der Waals surface area contributed by atoms with Crippen molar-refractivity contribution in [2.45, 2.75) is 18.0 Å². The maximum Gasteiger partial charge on any atom is 0.217 e. The monoisotopic (exact) mass is 291 g/mol. The number of fused-ring (bicyclic) bond motifs is 1. The van der Waals surface area contributed by atoms with Crippen LogP contribution in [0.15, 0.2) is 35.1 Å². The molecule has 0 radical (unpaired) electrons. The van der Waals surface area contributed by atoms with E-state index < -0.39 is 5.50 Å². The molecular formula is C11H11BBrN3O. The van der Waals surface area contributed by atoms with E-state index in [4.69, 9.17) is 0 Å². The molecular weight excluding hydrogens is 281 g/mol. The number of aliphatic hydroxyl groups is 1. The lowest BCUT2D eigenvalue weighted by molar-refractivity contribution is 0.122. The Labute approximate surface area is 108 Å². The van der Waals surface area contributed by atoms with Gasteiger partial charge in [0.2, 0.25) is 4.73 Å². The highest BCUT2D eigenvalue weighted by Gasteiger charge is 2.42. The average Bonchev–Trinajstić information content (AvgIpc) is 2.79. The molecule has 2 aromatic rings. The van der Waals surface area contributed by atoms with Crippen molar-refractivity contribution in [2.75, 3.05) is 0 Å². The van der Waals surface area contributed by atoms with Gasteiger partial charge in [-0.15, -0.1) is 5.10 Å². The zero-order chi connectivity index (χ0) is 12.0. The average molecular weight is 292 g/mol. The molecule has 0 spiro atoms. The molecule has 1 aromatic heterocycles. The van der Waals surface area contributed by atoms with E-state index in [0.717, 1.165) is 5.56 Å². The van der Waals surface area contributed by atoms with Gasteiger partial charge in [-0.2, -0.15) is 0 Å². The quantitative estimate of drug-likeness (QED) is 0.791. The molecule has 3 rings (SSSR count). The lowest BCUT2D eigenvalue weighted by atomic mass is 9.78. The first-order valence-electron chi connectivity index (χ1n) is 5.48. The Hall–Kier alpha value is -1.14. The normalized spacial score (nSPS) is 27.1. The van der Waals surface area contributed by atoms with Gasteiger partial charge in [0, 0.05) is 6.42 Å². The summed E-state index contributed by atoms with van der Waals surface area (Å²) in [5.41, 5.74) is 0.225. The number of rotatable bonds is 1. The molecule has 1 aliphatic rings. The summed E-state index contributed by atoms with van der Waals surface area (Å²) in [6.45, 7) is 0. The highest BCUT2D eigenvalue weighted by atomic mass is 79.9. The van der Waals surface area contributed by atoms with Crippen molar-refractivity contribution in [1.29, 1.82) is 0 Å². The van der Waals surface area contributed by atoms with Crippen LogP contribution < -0.4 is 0 Å². The molecule has 1 aliphatic heterocycles. The zero-order valence-electron chi connectivity index (χ0n) is 9.34. The predicted octanol–water partition coefficient (Wildman–Crippen LogP) is 0.812. The number of benzene rings is 1. The lowest BCUT2D eigenvalue weighted by Gasteiger charge is -2.15. The van der Waals surface area contributed by atoms with Gasteiger partial charge in [-0.3, -0.25) is 0 Å². The summed E-state index contributed by atoms with van der Waals surface area (Å²) in [6.07, 6.45) is 0.611. The van der Waals surface area contributed by atoms with E-state index in [1.807, 2.05) is 30.3 Å². The van der Waals surface area contributed by atoms with Crippen LogP contribution in [0.25, 0.3) is 0 Å². The third-order valence-corrected chi connectivity index (χ3v) is 3.49. The fraction of sp³-hybridized carbons (Fsp3) is 0.273. The van der Waals surface area contributed by atoms with Crippen LogP contribution in [-0.2, 0) is 5.50 Å². The van der Waals surface area contributed by atoms with Crippen LogP contribution in [0.2, 0.25) is 0 Å². The maximum absolute atomic E-state index is 10.3. The van der Waals surface area contributed by atoms with Crippen molar-refractivity contribution in [3.63, 3.8) is 0 Å². The third kappa shape index (κ3) is 1.72. The van der Waals surface area contributed by atoms with Gasteiger partial charge in [0.15, 0.2) is 13.7 Å². The Morgan fingerprint density at radius 3 is 2.82 bits per heavy atom. The van der Waals surface area contributed by atoms with Gasteiger partial charge in [0.1, 0.15) is 0 Å². The van der Waals surface area contributed by atoms with Crippen molar-refractivity contribution in [3.8, 4) is 0 Å². The maximum atomic E-state index is 10.3. The van der Waals surface area contributed by atoms with E-state index in [2.05, 4.69) is 26.0 Å². The van der Waals surface area contributed by atoms with E-state index >= 15 is 0 Å². The molecule has 86 valence electrons. The van der Waals surface area contributed by atoms with E-state index in [-0.39, 0.29) is 6.04 Å². The molecule has 2 heterocycles. The van der Waals surface area contributed by atoms with Gasteiger partial charge in [-0.05, 0) is 21.5 Å². The van der Waals surface area contributed by atoms with E-state index in [1.54, 1.807) is 12.5 Å². The second-order valence-corrected chi connectivity index (χ2v) is 5.26. The summed E-state index contributed by atoms with van der Waals surface area (Å²) >= 11 is 3.26. The van der Waals surface area contributed by atoms with Crippen LogP contribution in [0.5, 0.6) is 0 Å². The molecule has 4 nitrogen and oxygen atoms in total. The summed E-state index contributed by atoms with van der Waals surface area (Å²) in [5.74, 6) is 0.623. The lowest BCUT2D eigenvalue weighted by Crippen LogP contribution is -2.23. The second kappa shape index (κ2) is 3.68. The van der Waals surface area contributed by atoms with Crippen LogP contribution in [0.3, 0.4) is 0 Å². The van der Waals surface area contributed by atoms with Crippen LogP contribution in [0.4, 0.5) is 0 Å². The predicted molar refractivity (Wildman–Crippen MR) is 69.4 cm³/mol. The molecule has 0 aliphatic carbocycles. The van der Waals surface area contributed by atoms with E-state index in [1.165, 1.54) is 0 Å². The zero-order valence-corrected chi connectivity index (χ0v) is 10.9. The van der Waals surface area contributed by atoms with Crippen molar-refractivity contribution in [2.24, 2.45) is 0 Å². The van der Waals surface area contributed by atoms with E-state index in [0.29, 0.717) is 17.0 Å². The van der Waals surface area contributed by atoms with Gasteiger partial charge in [0.05, 0.1) is 11.5 Å². The van der Waals surface area contributed by atoms with Gasteiger partial charge in [-0.25, -0.2) is 9.67 Å². The van der Waals surface area contributed by atoms with Crippen molar-refractivity contribution in [3.05, 3.63) is 46.5 Å². The first-order chi connectivity index (χ1) is 8.08. The molecule has 17 heavy (non-hydrogen) atoms. The smallest absolute Gasteiger partial charge is 0.217 e. The summed E-state index contributed by atoms with van der Waals surface area (Å²) in [6, 6.07) is 10.1. The van der Waals surface area contributed by atoms with E-state index in [9.17, 15) is 5.11 Å². The van der Waals surface area contributed by atoms with Crippen LogP contribution in [0, 0.1) is 0 Å². The number of hydrogen-bond donors (Lipinski definition) is 1. The van der Waals surface area contributed by atoms with Gasteiger partial charge in [-0.1, -0.05) is 30.3 Å². The Bertz CT molecular complexity index is 555. The third-order valence-electron chi connectivity index (χ3n) is 3.16. The molecule has 0 saturated carbocycles. The molecule has 0 amide bonds. The Kier molecular flexibility index (Phi) is 2.38. The van der Waals surface area contributed by atoms with Crippen molar-refractivity contribution >= 4 is 23.8 Å². The fourth-order valence-electron chi connectivity index (χ4n) is 2.37. The Morgan fingerprint density at radius 2 is 2.12 bits per heavy atom. The number of aromatic nitrogens is 3. The summed E-state index contributed by atoms with van der Waals surface area (Å²) < 4.78 is 2.33. The van der Waals surface area contributed by atoms with Gasteiger partial charge in [0.25, 0.3) is 0 Å². The van der Waals surface area contributed by atoms with Gasteiger partial charge < -0.3 is 5.11 Å². The Morgan fingerprint density at radius 1 is 1.41 bits per heavy atom. The minimum Gasteiger partial charge on any atom is -0.391 e. The SMILES string of the molecule is B[C@]1(O)C[C@@H](c2ccccc2)n2nc(Br)nc21.